The van der Waals surface area contributed by atoms with Crippen molar-refractivity contribution in [2.24, 2.45) is 10.3 Å². The number of hydrogen-bond acceptors (Lipinski definition) is 6. The molecule has 2 aromatic rings. The Kier molecular flexibility index (Phi) is 4.77. The van der Waals surface area contributed by atoms with Gasteiger partial charge in [-0.25, -0.2) is 0 Å². The van der Waals surface area contributed by atoms with E-state index in [1.54, 1.807) is 36.4 Å². The molecule has 0 aliphatic carbocycles. The Hall–Kier alpha value is -3.28. The third-order valence-corrected chi connectivity index (χ3v) is 2.93. The van der Waals surface area contributed by atoms with Gasteiger partial charge in [0.15, 0.2) is 11.4 Å². The van der Waals surface area contributed by atoms with Gasteiger partial charge in [-0.2, -0.15) is 0 Å². The summed E-state index contributed by atoms with van der Waals surface area (Å²) in [5.41, 5.74) is -0.834. The van der Waals surface area contributed by atoms with E-state index < -0.39 is 23.0 Å². The Morgan fingerprint density at radius 1 is 0.636 bits per heavy atom. The molecule has 0 saturated carbocycles. The summed E-state index contributed by atoms with van der Waals surface area (Å²) >= 11 is 0. The number of ketones is 2. The quantitative estimate of drug-likeness (QED) is 0.383. The van der Waals surface area contributed by atoms with Gasteiger partial charge in [-0.05, 0) is 0 Å². The smallest absolute Gasteiger partial charge is 0.217 e. The minimum atomic E-state index is -0.722. The van der Waals surface area contributed by atoms with Gasteiger partial charge in [-0.1, -0.05) is 71.0 Å². The maximum absolute atomic E-state index is 12.3. The van der Waals surface area contributed by atoms with Gasteiger partial charge in [0, 0.05) is 11.1 Å². The highest BCUT2D eigenvalue weighted by molar-refractivity contribution is 6.84. The van der Waals surface area contributed by atoms with Gasteiger partial charge in [0.05, 0.1) is 0 Å². The second-order valence-electron chi connectivity index (χ2n) is 4.29. The van der Waals surface area contributed by atoms with E-state index in [1.807, 2.05) is 0 Å². The topological polar surface area (TPSA) is 99.3 Å². The van der Waals surface area contributed by atoms with E-state index in [0.717, 1.165) is 0 Å². The predicted octanol–water partition coefficient (Wildman–Crippen LogP) is 2.41. The number of rotatable bonds is 5. The van der Waals surface area contributed by atoms with Gasteiger partial charge in [0.25, 0.3) is 0 Å². The van der Waals surface area contributed by atoms with Crippen LogP contribution < -0.4 is 0 Å². The van der Waals surface area contributed by atoms with E-state index in [-0.39, 0.29) is 11.1 Å². The monoisotopic (exact) mass is 296 g/mol. The second kappa shape index (κ2) is 6.94. The number of Topliss-reactive ketones (excluding diaryl/α,β-unsaturated/α-hetero) is 2. The molecule has 22 heavy (non-hydrogen) atoms. The molecule has 0 atom stereocenters. The van der Waals surface area contributed by atoms with Crippen LogP contribution in [0.3, 0.4) is 0 Å². The van der Waals surface area contributed by atoms with Crippen molar-refractivity contribution in [1.29, 1.82) is 0 Å². The minimum absolute atomic E-state index is 0.206. The Morgan fingerprint density at radius 2 is 0.955 bits per heavy atom. The molecule has 0 heterocycles. The third kappa shape index (κ3) is 3.06. The summed E-state index contributed by atoms with van der Waals surface area (Å²) < 4.78 is 0. The lowest BCUT2D eigenvalue weighted by Gasteiger charge is -2.05. The van der Waals surface area contributed by atoms with E-state index in [4.69, 9.17) is 10.4 Å². The molecule has 0 amide bonds. The summed E-state index contributed by atoms with van der Waals surface area (Å²) in [4.78, 5) is 24.6. The molecule has 2 N–H and O–H groups in total. The van der Waals surface area contributed by atoms with E-state index >= 15 is 0 Å². The van der Waals surface area contributed by atoms with Crippen LogP contribution in [0.2, 0.25) is 0 Å². The van der Waals surface area contributed by atoms with Crippen molar-refractivity contribution in [3.63, 3.8) is 0 Å². The number of oxime groups is 2. The van der Waals surface area contributed by atoms with E-state index in [9.17, 15) is 9.59 Å². The average Bonchev–Trinajstić information content (AvgIpc) is 2.60. The Bertz CT molecular complexity index is 672. The van der Waals surface area contributed by atoms with Crippen molar-refractivity contribution in [1.82, 2.24) is 0 Å². The largest absolute Gasteiger partial charge is 0.410 e. The van der Waals surface area contributed by atoms with Gasteiger partial charge < -0.3 is 10.4 Å². The summed E-state index contributed by atoms with van der Waals surface area (Å²) in [6.45, 7) is 0. The van der Waals surface area contributed by atoms with Gasteiger partial charge in [0.1, 0.15) is 0 Å². The molecule has 110 valence electrons. The standard InChI is InChI=1S/C16H12N2O4/c19-15(11-7-3-1-4-8-11)13(17-21)14(18-22)16(20)12-9-5-2-6-10-12/h1-10,21-22H/b17-13+,18-14+. The molecule has 6 heteroatoms. The lowest BCUT2D eigenvalue weighted by Crippen LogP contribution is -2.31. The molecule has 0 unspecified atom stereocenters. The zero-order valence-corrected chi connectivity index (χ0v) is 11.4. The number of nitrogens with zero attached hydrogens (tertiary/aromatic N) is 2. The summed E-state index contributed by atoms with van der Waals surface area (Å²) in [6, 6.07) is 15.9. The van der Waals surface area contributed by atoms with Crippen LogP contribution in [0.25, 0.3) is 0 Å². The fourth-order valence-corrected chi connectivity index (χ4v) is 1.85. The first-order valence-corrected chi connectivity index (χ1v) is 6.33. The van der Waals surface area contributed by atoms with Crippen LogP contribution in [-0.4, -0.2) is 33.4 Å². The molecule has 0 bridgehead atoms. The third-order valence-electron chi connectivity index (χ3n) is 2.93. The van der Waals surface area contributed by atoms with Crippen LogP contribution in [0.4, 0.5) is 0 Å². The van der Waals surface area contributed by atoms with E-state index in [1.165, 1.54) is 24.3 Å². The normalized spacial score (nSPS) is 12.0. The van der Waals surface area contributed by atoms with Gasteiger partial charge in [-0.3, -0.25) is 9.59 Å². The maximum Gasteiger partial charge on any atom is 0.217 e. The SMILES string of the molecule is O=C(C(=N/O)/C(=N\O)C(=O)c1ccccc1)c1ccccc1. The van der Waals surface area contributed by atoms with Crippen molar-refractivity contribution in [2.45, 2.75) is 0 Å². The van der Waals surface area contributed by atoms with Gasteiger partial charge in [-0.15, -0.1) is 0 Å². The molecule has 0 aliphatic rings. The van der Waals surface area contributed by atoms with Gasteiger partial charge >= 0.3 is 0 Å². The Balaban J connectivity index is 2.37. The minimum Gasteiger partial charge on any atom is -0.410 e. The molecular formula is C16H12N2O4. The fourth-order valence-electron chi connectivity index (χ4n) is 1.85. The predicted molar refractivity (Wildman–Crippen MR) is 80.0 cm³/mol. The van der Waals surface area contributed by atoms with Crippen molar-refractivity contribution in [3.8, 4) is 0 Å². The van der Waals surface area contributed by atoms with Crippen LogP contribution >= 0.6 is 0 Å². The molecule has 2 rings (SSSR count). The van der Waals surface area contributed by atoms with Crippen molar-refractivity contribution >= 4 is 23.0 Å². The van der Waals surface area contributed by atoms with E-state index in [2.05, 4.69) is 10.3 Å². The fraction of sp³-hybridized carbons (Fsp3) is 0. The number of benzene rings is 2. The summed E-state index contributed by atoms with van der Waals surface area (Å²) in [5.74, 6) is -1.44. The molecular weight excluding hydrogens is 284 g/mol. The van der Waals surface area contributed by atoms with E-state index in [0.29, 0.717) is 0 Å². The average molecular weight is 296 g/mol. The number of hydrogen-bond donors (Lipinski definition) is 2. The number of carbonyl (C=O) groups excluding carboxylic acids is 2. The zero-order valence-electron chi connectivity index (χ0n) is 11.4. The summed E-state index contributed by atoms with van der Waals surface area (Å²) in [7, 11) is 0. The number of carbonyl (C=O) groups is 2. The van der Waals surface area contributed by atoms with Crippen LogP contribution in [0, 0.1) is 0 Å². The molecule has 6 nitrogen and oxygen atoms in total. The zero-order chi connectivity index (χ0) is 15.9. The van der Waals surface area contributed by atoms with Crippen molar-refractivity contribution in [2.75, 3.05) is 0 Å². The van der Waals surface area contributed by atoms with Crippen LogP contribution in [0.15, 0.2) is 71.0 Å². The molecule has 0 radical (unpaired) electrons. The lowest BCUT2D eigenvalue weighted by molar-refractivity contribution is 0.104. The highest BCUT2D eigenvalue weighted by atomic mass is 16.4. The molecule has 0 aliphatic heterocycles. The summed E-state index contributed by atoms with van der Waals surface area (Å²) in [5, 5.41) is 23.8. The molecule has 0 aromatic heterocycles. The van der Waals surface area contributed by atoms with Crippen LogP contribution in [-0.2, 0) is 0 Å². The molecule has 0 saturated heterocycles. The summed E-state index contributed by atoms with van der Waals surface area (Å²) in [6.07, 6.45) is 0. The van der Waals surface area contributed by atoms with Crippen LogP contribution in [0.5, 0.6) is 0 Å². The van der Waals surface area contributed by atoms with Crippen LogP contribution in [0.1, 0.15) is 20.7 Å². The molecule has 2 aromatic carbocycles. The first-order valence-electron chi connectivity index (χ1n) is 6.33. The van der Waals surface area contributed by atoms with Crippen molar-refractivity contribution < 1.29 is 20.0 Å². The highest BCUT2D eigenvalue weighted by Gasteiger charge is 2.27. The van der Waals surface area contributed by atoms with Gasteiger partial charge in [0.2, 0.25) is 11.6 Å². The second-order valence-corrected chi connectivity index (χ2v) is 4.29. The first kappa shape index (κ1) is 15.1. The lowest BCUT2D eigenvalue weighted by atomic mass is 9.98. The molecule has 0 fully saturated rings. The Labute approximate surface area is 126 Å². The Morgan fingerprint density at radius 3 is 1.23 bits per heavy atom. The van der Waals surface area contributed by atoms with Crippen molar-refractivity contribution in [3.05, 3.63) is 71.8 Å². The highest BCUT2D eigenvalue weighted by Crippen LogP contribution is 2.07. The first-order chi connectivity index (χ1) is 10.7. The maximum atomic E-state index is 12.3. The molecule has 0 spiro atoms.